The highest BCUT2D eigenvalue weighted by atomic mass is 16.1. The number of pyridine rings is 1. The lowest BCUT2D eigenvalue weighted by molar-refractivity contribution is 1.01. The van der Waals surface area contributed by atoms with E-state index in [2.05, 4.69) is 15.0 Å². The minimum Gasteiger partial charge on any atom is -0.383 e. The lowest BCUT2D eigenvalue weighted by atomic mass is 10.1. The molecule has 0 radical (unpaired) electrons. The van der Waals surface area contributed by atoms with E-state index in [-0.39, 0.29) is 5.56 Å². The second kappa shape index (κ2) is 5.00. The van der Waals surface area contributed by atoms with Gasteiger partial charge in [-0.05, 0) is 24.5 Å². The van der Waals surface area contributed by atoms with Crippen LogP contribution in [-0.2, 0) is 12.8 Å². The lowest BCUT2D eigenvalue weighted by Crippen LogP contribution is -2.18. The second-order valence-corrected chi connectivity index (χ2v) is 4.02. The van der Waals surface area contributed by atoms with Crippen molar-refractivity contribution in [2.45, 2.75) is 26.7 Å². The summed E-state index contributed by atoms with van der Waals surface area (Å²) in [5, 5.41) is 0. The highest BCUT2D eigenvalue weighted by Crippen LogP contribution is 2.20. The summed E-state index contributed by atoms with van der Waals surface area (Å²) in [6, 6.07) is 1.84. The Bertz CT molecular complexity index is 619. The Morgan fingerprint density at radius 2 is 2.11 bits per heavy atom. The summed E-state index contributed by atoms with van der Waals surface area (Å²) in [7, 11) is 0. The van der Waals surface area contributed by atoms with Crippen LogP contribution in [0.5, 0.6) is 0 Å². The number of nitrogens with two attached hydrogens (primary N) is 1. The van der Waals surface area contributed by atoms with Gasteiger partial charge >= 0.3 is 0 Å². The second-order valence-electron chi connectivity index (χ2n) is 4.02. The fraction of sp³-hybridized carbons (Fsp3) is 0.308. The van der Waals surface area contributed by atoms with Crippen molar-refractivity contribution in [3.8, 4) is 11.4 Å². The van der Waals surface area contributed by atoms with Crippen molar-refractivity contribution in [1.82, 2.24) is 15.0 Å². The number of anilines is 1. The van der Waals surface area contributed by atoms with Crippen LogP contribution in [0.2, 0.25) is 0 Å². The first-order valence-corrected chi connectivity index (χ1v) is 5.99. The molecule has 5 heteroatoms. The van der Waals surface area contributed by atoms with E-state index in [1.165, 1.54) is 0 Å². The Morgan fingerprint density at radius 3 is 2.72 bits per heavy atom. The summed E-state index contributed by atoms with van der Waals surface area (Å²) in [5.74, 6) is 0.809. The number of nitrogens with one attached hydrogen (secondary N) is 1. The Balaban J connectivity index is 2.62. The molecule has 5 nitrogen and oxygen atoms in total. The minimum absolute atomic E-state index is 0.168. The van der Waals surface area contributed by atoms with E-state index < -0.39 is 0 Å². The van der Waals surface area contributed by atoms with Gasteiger partial charge in [0.05, 0.1) is 5.56 Å². The molecule has 2 aromatic rings. The molecule has 0 unspecified atom stereocenters. The van der Waals surface area contributed by atoms with Crippen LogP contribution in [0.15, 0.2) is 23.3 Å². The molecule has 0 aliphatic rings. The molecule has 0 aromatic carbocycles. The van der Waals surface area contributed by atoms with E-state index in [1.54, 1.807) is 12.4 Å². The van der Waals surface area contributed by atoms with Crippen LogP contribution in [0.3, 0.4) is 0 Å². The highest BCUT2D eigenvalue weighted by molar-refractivity contribution is 5.61. The number of H-pyrrole nitrogens is 1. The van der Waals surface area contributed by atoms with Crippen LogP contribution in [0.1, 0.15) is 25.0 Å². The van der Waals surface area contributed by atoms with Crippen molar-refractivity contribution in [1.29, 1.82) is 0 Å². The molecule has 2 heterocycles. The zero-order valence-corrected chi connectivity index (χ0v) is 10.5. The average Bonchev–Trinajstić information content (AvgIpc) is 2.38. The molecule has 0 aliphatic heterocycles. The first-order valence-electron chi connectivity index (χ1n) is 5.99. The fourth-order valence-electron chi connectivity index (χ4n) is 1.92. The van der Waals surface area contributed by atoms with Crippen LogP contribution >= 0.6 is 0 Å². The van der Waals surface area contributed by atoms with Gasteiger partial charge in [-0.3, -0.25) is 9.78 Å². The first kappa shape index (κ1) is 12.3. The Morgan fingerprint density at radius 1 is 1.33 bits per heavy atom. The van der Waals surface area contributed by atoms with Gasteiger partial charge in [0.25, 0.3) is 5.56 Å². The van der Waals surface area contributed by atoms with Gasteiger partial charge in [-0.15, -0.1) is 0 Å². The number of nitrogens with zero attached hydrogens (tertiary/aromatic N) is 2. The smallest absolute Gasteiger partial charge is 0.256 e. The summed E-state index contributed by atoms with van der Waals surface area (Å²) < 4.78 is 0. The van der Waals surface area contributed by atoms with Gasteiger partial charge in [0, 0.05) is 18.0 Å². The number of aromatic nitrogens is 3. The normalized spacial score (nSPS) is 10.6. The number of nitrogen functional groups attached to an aromatic ring is 1. The number of aromatic amines is 1. The van der Waals surface area contributed by atoms with Crippen LogP contribution in [0.4, 0.5) is 5.82 Å². The SMILES string of the molecule is CCc1cnccc1-c1nc(N)c(CC)c(=O)[nH]1. The largest absolute Gasteiger partial charge is 0.383 e. The van der Waals surface area contributed by atoms with E-state index >= 15 is 0 Å². The molecule has 0 bridgehead atoms. The topological polar surface area (TPSA) is 84.7 Å². The van der Waals surface area contributed by atoms with Gasteiger partial charge in [-0.25, -0.2) is 4.98 Å². The van der Waals surface area contributed by atoms with E-state index in [0.29, 0.717) is 23.6 Å². The molecule has 94 valence electrons. The molecular weight excluding hydrogens is 228 g/mol. The Labute approximate surface area is 105 Å². The van der Waals surface area contributed by atoms with Crippen molar-refractivity contribution in [2.75, 3.05) is 5.73 Å². The fourth-order valence-corrected chi connectivity index (χ4v) is 1.92. The third-order valence-corrected chi connectivity index (χ3v) is 2.94. The molecule has 0 saturated heterocycles. The summed E-state index contributed by atoms with van der Waals surface area (Å²) in [4.78, 5) is 23.0. The molecule has 2 rings (SSSR count). The van der Waals surface area contributed by atoms with Crippen LogP contribution in [0, 0.1) is 0 Å². The van der Waals surface area contributed by atoms with Crippen LogP contribution in [0.25, 0.3) is 11.4 Å². The van der Waals surface area contributed by atoms with Crippen molar-refractivity contribution in [3.63, 3.8) is 0 Å². The van der Waals surface area contributed by atoms with E-state index in [9.17, 15) is 4.79 Å². The minimum atomic E-state index is -0.168. The van der Waals surface area contributed by atoms with E-state index in [4.69, 9.17) is 5.73 Å². The molecule has 0 amide bonds. The number of rotatable bonds is 3. The first-order chi connectivity index (χ1) is 8.67. The monoisotopic (exact) mass is 244 g/mol. The molecule has 0 saturated carbocycles. The van der Waals surface area contributed by atoms with Gasteiger partial charge < -0.3 is 10.7 Å². The van der Waals surface area contributed by atoms with Crippen LogP contribution in [-0.4, -0.2) is 15.0 Å². The van der Waals surface area contributed by atoms with Crippen LogP contribution < -0.4 is 11.3 Å². The standard InChI is InChI=1S/C13H16N4O/c1-3-8-7-15-6-5-10(8)12-16-11(14)9(4-2)13(18)17-12/h5-7H,3-4H2,1-2H3,(H3,14,16,17,18). The quantitative estimate of drug-likeness (QED) is 0.857. The van der Waals surface area contributed by atoms with E-state index in [0.717, 1.165) is 17.5 Å². The number of aryl methyl sites for hydroxylation is 1. The van der Waals surface area contributed by atoms with Crippen molar-refractivity contribution < 1.29 is 0 Å². The predicted octanol–water partition coefficient (Wildman–Crippen LogP) is 1.54. The van der Waals surface area contributed by atoms with Gasteiger partial charge in [0.15, 0.2) is 0 Å². The molecule has 18 heavy (non-hydrogen) atoms. The highest BCUT2D eigenvalue weighted by Gasteiger charge is 2.10. The Kier molecular flexibility index (Phi) is 3.41. The lowest BCUT2D eigenvalue weighted by Gasteiger charge is -2.08. The van der Waals surface area contributed by atoms with Gasteiger partial charge in [0.2, 0.25) is 0 Å². The van der Waals surface area contributed by atoms with Gasteiger partial charge in [-0.1, -0.05) is 13.8 Å². The Hall–Kier alpha value is -2.17. The predicted molar refractivity (Wildman–Crippen MR) is 71.3 cm³/mol. The summed E-state index contributed by atoms with van der Waals surface area (Å²) in [6.45, 7) is 3.91. The summed E-state index contributed by atoms with van der Waals surface area (Å²) in [6.07, 6.45) is 4.85. The number of hydrogen-bond acceptors (Lipinski definition) is 4. The van der Waals surface area contributed by atoms with Crippen molar-refractivity contribution in [3.05, 3.63) is 39.9 Å². The summed E-state index contributed by atoms with van der Waals surface area (Å²) in [5.41, 5.74) is 8.09. The molecule has 2 aromatic heterocycles. The third-order valence-electron chi connectivity index (χ3n) is 2.94. The number of hydrogen-bond donors (Lipinski definition) is 2. The van der Waals surface area contributed by atoms with Crippen molar-refractivity contribution in [2.24, 2.45) is 0 Å². The van der Waals surface area contributed by atoms with Gasteiger partial charge in [0.1, 0.15) is 11.6 Å². The van der Waals surface area contributed by atoms with Gasteiger partial charge in [-0.2, -0.15) is 0 Å². The molecule has 0 aliphatic carbocycles. The average molecular weight is 244 g/mol. The maximum atomic E-state index is 11.9. The zero-order valence-electron chi connectivity index (χ0n) is 10.5. The third kappa shape index (κ3) is 2.11. The zero-order chi connectivity index (χ0) is 13.1. The molecular formula is C13H16N4O. The van der Waals surface area contributed by atoms with Crippen molar-refractivity contribution >= 4 is 5.82 Å². The molecule has 3 N–H and O–H groups in total. The van der Waals surface area contributed by atoms with E-state index in [1.807, 2.05) is 19.9 Å². The molecule has 0 fully saturated rings. The maximum Gasteiger partial charge on any atom is 0.256 e. The molecule has 0 spiro atoms. The summed E-state index contributed by atoms with van der Waals surface area (Å²) >= 11 is 0. The molecule has 0 atom stereocenters. The maximum absolute atomic E-state index is 11.9.